The van der Waals surface area contributed by atoms with Gasteiger partial charge in [-0.1, -0.05) is 30.3 Å². The molecule has 0 amide bonds. The van der Waals surface area contributed by atoms with Gasteiger partial charge < -0.3 is 4.90 Å². The molecule has 1 atom stereocenters. The average molecular weight is 297 g/mol. The maximum Gasteiger partial charge on any atom is 0.171 e. The van der Waals surface area contributed by atoms with E-state index in [1.165, 1.54) is 25.0 Å². The van der Waals surface area contributed by atoms with E-state index in [0.29, 0.717) is 5.56 Å². The highest BCUT2D eigenvalue weighted by molar-refractivity contribution is 6.01. The molecule has 22 heavy (non-hydrogen) atoms. The van der Waals surface area contributed by atoms with Crippen molar-refractivity contribution in [2.45, 2.75) is 18.8 Å². The minimum absolute atomic E-state index is 0.0677. The summed E-state index contributed by atoms with van der Waals surface area (Å²) < 4.78 is 13.1. The molecule has 3 rings (SSSR count). The van der Waals surface area contributed by atoms with Crippen molar-refractivity contribution in [1.29, 1.82) is 0 Å². The van der Waals surface area contributed by atoms with Gasteiger partial charge in [0.05, 0.1) is 5.92 Å². The van der Waals surface area contributed by atoms with Crippen LogP contribution in [0.3, 0.4) is 0 Å². The van der Waals surface area contributed by atoms with Crippen LogP contribution >= 0.6 is 0 Å². The molecule has 3 heteroatoms. The molecular weight excluding hydrogens is 277 g/mol. The van der Waals surface area contributed by atoms with Gasteiger partial charge in [-0.15, -0.1) is 0 Å². The van der Waals surface area contributed by atoms with Gasteiger partial charge in [-0.3, -0.25) is 4.79 Å². The number of hydrogen-bond donors (Lipinski definition) is 0. The number of carbonyl (C=O) groups excluding carboxylic acids is 1. The Hall–Kier alpha value is -2.00. The van der Waals surface area contributed by atoms with Gasteiger partial charge in [0, 0.05) is 12.1 Å². The second kappa shape index (κ2) is 6.84. The monoisotopic (exact) mass is 297 g/mol. The summed E-state index contributed by atoms with van der Waals surface area (Å²) in [6, 6.07) is 15.8. The van der Waals surface area contributed by atoms with Crippen LogP contribution in [0.1, 0.15) is 34.7 Å². The van der Waals surface area contributed by atoms with Crippen LogP contribution in [0.4, 0.5) is 4.39 Å². The largest absolute Gasteiger partial charge is 0.302 e. The minimum atomic E-state index is -0.313. The second-order valence-electron chi connectivity index (χ2n) is 5.84. The van der Waals surface area contributed by atoms with Crippen LogP contribution in [0.25, 0.3) is 0 Å². The highest BCUT2D eigenvalue weighted by atomic mass is 19.1. The summed E-state index contributed by atoms with van der Waals surface area (Å²) in [5.74, 6) is -0.435. The Labute approximate surface area is 130 Å². The Balaban J connectivity index is 1.86. The van der Waals surface area contributed by atoms with Crippen LogP contribution in [0.2, 0.25) is 0 Å². The first-order chi connectivity index (χ1) is 10.7. The van der Waals surface area contributed by atoms with E-state index in [2.05, 4.69) is 4.90 Å². The number of Topliss-reactive ketones (excluding diaryl/α,β-unsaturated/α-hetero) is 1. The Morgan fingerprint density at radius 3 is 2.27 bits per heavy atom. The molecule has 0 radical (unpaired) electrons. The number of carbonyl (C=O) groups is 1. The average Bonchev–Trinajstić information content (AvgIpc) is 3.07. The van der Waals surface area contributed by atoms with E-state index in [4.69, 9.17) is 0 Å². The quantitative estimate of drug-likeness (QED) is 0.780. The predicted octanol–water partition coefficient (Wildman–Crippen LogP) is 3.89. The van der Waals surface area contributed by atoms with Gasteiger partial charge in [0.1, 0.15) is 5.82 Å². The van der Waals surface area contributed by atoms with Crippen molar-refractivity contribution >= 4 is 5.78 Å². The molecule has 0 aromatic heterocycles. The molecule has 1 heterocycles. The van der Waals surface area contributed by atoms with Gasteiger partial charge in [-0.25, -0.2) is 4.39 Å². The molecule has 1 saturated heterocycles. The molecule has 0 spiro atoms. The zero-order valence-corrected chi connectivity index (χ0v) is 12.5. The van der Waals surface area contributed by atoms with Gasteiger partial charge in [-0.2, -0.15) is 0 Å². The molecule has 2 aromatic rings. The predicted molar refractivity (Wildman–Crippen MR) is 85.6 cm³/mol. The van der Waals surface area contributed by atoms with Crippen LogP contribution in [-0.4, -0.2) is 30.3 Å². The van der Waals surface area contributed by atoms with E-state index in [0.717, 1.165) is 25.2 Å². The lowest BCUT2D eigenvalue weighted by Gasteiger charge is -2.23. The van der Waals surface area contributed by atoms with Crippen molar-refractivity contribution in [2.24, 2.45) is 0 Å². The minimum Gasteiger partial charge on any atom is -0.302 e. The van der Waals surface area contributed by atoms with Crippen LogP contribution in [0.15, 0.2) is 54.6 Å². The molecule has 0 aliphatic carbocycles. The smallest absolute Gasteiger partial charge is 0.171 e. The summed E-state index contributed by atoms with van der Waals surface area (Å²) in [5.41, 5.74) is 1.61. The molecular formula is C19H20FNO. The summed E-state index contributed by atoms with van der Waals surface area (Å²) >= 11 is 0. The zero-order chi connectivity index (χ0) is 15.4. The first kappa shape index (κ1) is 14.9. The number of nitrogens with zero attached hydrogens (tertiary/aromatic N) is 1. The molecule has 2 aromatic carbocycles. The third kappa shape index (κ3) is 3.42. The first-order valence-electron chi connectivity index (χ1n) is 7.81. The molecule has 114 valence electrons. The third-order valence-electron chi connectivity index (χ3n) is 4.29. The number of hydrogen-bond acceptors (Lipinski definition) is 2. The fourth-order valence-electron chi connectivity index (χ4n) is 3.06. The molecule has 0 N–H and O–H groups in total. The van der Waals surface area contributed by atoms with Gasteiger partial charge in [0.25, 0.3) is 0 Å². The maximum atomic E-state index is 13.1. The van der Waals surface area contributed by atoms with Gasteiger partial charge in [0.2, 0.25) is 0 Å². The van der Waals surface area contributed by atoms with Crippen molar-refractivity contribution in [3.8, 4) is 0 Å². The maximum absolute atomic E-state index is 13.1. The zero-order valence-electron chi connectivity index (χ0n) is 12.5. The van der Waals surface area contributed by atoms with Crippen molar-refractivity contribution in [1.82, 2.24) is 4.90 Å². The first-order valence-corrected chi connectivity index (χ1v) is 7.81. The van der Waals surface area contributed by atoms with E-state index >= 15 is 0 Å². The van der Waals surface area contributed by atoms with Gasteiger partial charge in [-0.05, 0) is 55.8 Å². The Morgan fingerprint density at radius 2 is 1.64 bits per heavy atom. The summed E-state index contributed by atoms with van der Waals surface area (Å²) in [6.45, 7) is 2.85. The summed E-state index contributed by atoms with van der Waals surface area (Å²) in [7, 11) is 0. The topological polar surface area (TPSA) is 20.3 Å². The lowest BCUT2D eigenvalue weighted by atomic mass is 9.90. The molecule has 0 bridgehead atoms. The van der Waals surface area contributed by atoms with Crippen molar-refractivity contribution in [3.05, 3.63) is 71.5 Å². The molecule has 1 fully saturated rings. The number of rotatable bonds is 5. The number of benzene rings is 2. The Kier molecular flexibility index (Phi) is 4.64. The lowest BCUT2D eigenvalue weighted by molar-refractivity contribution is 0.0939. The van der Waals surface area contributed by atoms with E-state index in [1.807, 2.05) is 30.3 Å². The summed E-state index contributed by atoms with van der Waals surface area (Å²) in [4.78, 5) is 15.2. The van der Waals surface area contributed by atoms with Gasteiger partial charge >= 0.3 is 0 Å². The van der Waals surface area contributed by atoms with Crippen molar-refractivity contribution in [3.63, 3.8) is 0 Å². The third-order valence-corrected chi connectivity index (χ3v) is 4.29. The van der Waals surface area contributed by atoms with Crippen LogP contribution < -0.4 is 0 Å². The summed E-state index contributed by atoms with van der Waals surface area (Å²) in [5, 5.41) is 0. The molecule has 1 aliphatic heterocycles. The lowest BCUT2D eigenvalue weighted by Crippen LogP contribution is -2.30. The Bertz CT molecular complexity index is 618. The van der Waals surface area contributed by atoms with Crippen LogP contribution in [0, 0.1) is 5.82 Å². The number of ketones is 1. The molecule has 0 saturated carbocycles. The van der Waals surface area contributed by atoms with E-state index in [9.17, 15) is 9.18 Å². The molecule has 1 unspecified atom stereocenters. The number of halogens is 1. The normalized spacial score (nSPS) is 16.6. The Morgan fingerprint density at radius 1 is 1.00 bits per heavy atom. The molecule has 2 nitrogen and oxygen atoms in total. The van der Waals surface area contributed by atoms with E-state index in [-0.39, 0.29) is 17.5 Å². The van der Waals surface area contributed by atoms with Crippen LogP contribution in [-0.2, 0) is 0 Å². The van der Waals surface area contributed by atoms with Crippen molar-refractivity contribution < 1.29 is 9.18 Å². The number of likely N-dealkylation sites (tertiary alicyclic amines) is 1. The second-order valence-corrected chi connectivity index (χ2v) is 5.84. The van der Waals surface area contributed by atoms with Crippen LogP contribution in [0.5, 0.6) is 0 Å². The van der Waals surface area contributed by atoms with Gasteiger partial charge in [0.15, 0.2) is 5.78 Å². The fourth-order valence-corrected chi connectivity index (χ4v) is 3.06. The van der Waals surface area contributed by atoms with E-state index < -0.39 is 0 Å². The highest BCUT2D eigenvalue weighted by Gasteiger charge is 2.25. The standard InChI is InChI=1S/C19H20FNO/c20-17-10-8-16(9-11-17)19(22)18(14-21-12-4-5-13-21)15-6-2-1-3-7-15/h1-3,6-11,18H,4-5,12-14H2. The van der Waals surface area contributed by atoms with Crippen molar-refractivity contribution in [2.75, 3.05) is 19.6 Å². The highest BCUT2D eigenvalue weighted by Crippen LogP contribution is 2.24. The summed E-state index contributed by atoms with van der Waals surface area (Å²) in [6.07, 6.45) is 2.40. The SMILES string of the molecule is O=C(c1ccc(F)cc1)C(CN1CCCC1)c1ccccc1. The fraction of sp³-hybridized carbons (Fsp3) is 0.316. The van der Waals surface area contributed by atoms with E-state index in [1.54, 1.807) is 12.1 Å². The molecule has 1 aliphatic rings.